The van der Waals surface area contributed by atoms with Gasteiger partial charge in [-0.2, -0.15) is 12.6 Å². The Morgan fingerprint density at radius 1 is 0.963 bits per heavy atom. The van der Waals surface area contributed by atoms with Gasteiger partial charge in [0.05, 0.1) is 5.37 Å². The summed E-state index contributed by atoms with van der Waals surface area (Å²) >= 11 is 4.64. The predicted octanol–water partition coefficient (Wildman–Crippen LogP) is 3.96. The first-order valence-corrected chi connectivity index (χ1v) is 11.0. The Labute approximate surface area is 166 Å². The quantitative estimate of drug-likeness (QED) is 0.617. The maximum Gasteiger partial charge on any atom is 0.328 e. The number of nitrogens with zero attached hydrogens (tertiary/aromatic N) is 2. The smallest absolute Gasteiger partial charge is 0.311 e. The largest absolute Gasteiger partial charge is 0.328 e. The van der Waals surface area contributed by atoms with Crippen molar-refractivity contribution in [2.75, 3.05) is 6.54 Å². The van der Waals surface area contributed by atoms with Crippen molar-refractivity contribution in [2.24, 2.45) is 23.7 Å². The molecule has 0 aromatic heterocycles. The zero-order valence-electron chi connectivity index (χ0n) is 15.7. The first kappa shape index (κ1) is 17.6. The average molecular weight is 385 g/mol. The van der Waals surface area contributed by atoms with Crippen LogP contribution in [-0.4, -0.2) is 39.7 Å². The summed E-state index contributed by atoms with van der Waals surface area (Å²) < 4.78 is 0. The number of carbonyl (C=O) groups excluding carboxylic acids is 2. The van der Waals surface area contributed by atoms with Crippen LogP contribution in [0.2, 0.25) is 0 Å². The monoisotopic (exact) mass is 384 g/mol. The molecule has 3 amide bonds. The molecule has 1 unspecified atom stereocenters. The maximum absolute atomic E-state index is 13.2. The summed E-state index contributed by atoms with van der Waals surface area (Å²) in [4.78, 5) is 29.2. The van der Waals surface area contributed by atoms with E-state index in [4.69, 9.17) is 0 Å². The number of thiol groups is 1. The number of carbonyl (C=O) groups is 2. The molecular weight excluding hydrogens is 356 g/mol. The van der Waals surface area contributed by atoms with Crippen LogP contribution < -0.4 is 0 Å². The van der Waals surface area contributed by atoms with E-state index in [-0.39, 0.29) is 29.9 Å². The van der Waals surface area contributed by atoms with Crippen LogP contribution in [-0.2, 0) is 11.2 Å². The van der Waals surface area contributed by atoms with Gasteiger partial charge in [0.1, 0.15) is 6.54 Å². The highest BCUT2D eigenvalue weighted by Crippen LogP contribution is 2.55. The zero-order chi connectivity index (χ0) is 18.5. The molecule has 4 saturated carbocycles. The maximum atomic E-state index is 13.2. The van der Waals surface area contributed by atoms with Gasteiger partial charge in [-0.25, -0.2) is 4.79 Å². The number of hydrogen-bond donors (Lipinski definition) is 1. The van der Waals surface area contributed by atoms with E-state index in [0.29, 0.717) is 18.3 Å². The summed E-state index contributed by atoms with van der Waals surface area (Å²) in [5.41, 5.74) is 1.22. The molecule has 5 heteroatoms. The second kappa shape index (κ2) is 6.84. The topological polar surface area (TPSA) is 40.6 Å². The summed E-state index contributed by atoms with van der Waals surface area (Å²) in [6, 6.07) is 10.4. The first-order chi connectivity index (χ1) is 13.1. The fraction of sp³-hybridized carbons (Fsp3) is 0.636. The molecule has 1 heterocycles. The van der Waals surface area contributed by atoms with Gasteiger partial charge in [-0.15, -0.1) is 0 Å². The van der Waals surface area contributed by atoms with Gasteiger partial charge in [-0.05, 0) is 74.2 Å². The van der Waals surface area contributed by atoms with Crippen molar-refractivity contribution < 1.29 is 9.59 Å². The second-order valence-electron chi connectivity index (χ2n) is 9.10. The molecule has 1 aromatic carbocycles. The number of urea groups is 1. The number of aryl methyl sites for hydroxylation is 1. The van der Waals surface area contributed by atoms with E-state index in [9.17, 15) is 9.59 Å². The van der Waals surface area contributed by atoms with Gasteiger partial charge in [-0.1, -0.05) is 30.3 Å². The minimum Gasteiger partial charge on any atom is -0.311 e. The number of hydrogen-bond acceptors (Lipinski definition) is 3. The van der Waals surface area contributed by atoms with E-state index in [1.54, 1.807) is 0 Å². The van der Waals surface area contributed by atoms with E-state index in [1.807, 2.05) is 23.1 Å². The Kier molecular flexibility index (Phi) is 4.46. The molecule has 1 aromatic rings. The molecule has 4 bridgehead atoms. The molecule has 4 aliphatic carbocycles. The number of imide groups is 1. The van der Waals surface area contributed by atoms with Crippen molar-refractivity contribution in [1.29, 1.82) is 0 Å². The van der Waals surface area contributed by atoms with Crippen LogP contribution in [0.3, 0.4) is 0 Å². The predicted molar refractivity (Wildman–Crippen MR) is 107 cm³/mol. The van der Waals surface area contributed by atoms with E-state index < -0.39 is 0 Å². The summed E-state index contributed by atoms with van der Waals surface area (Å²) in [6.45, 7) is 0.258. The molecule has 0 radical (unpaired) electrons. The molecule has 0 N–H and O–H groups in total. The number of rotatable bonds is 5. The molecule has 1 aliphatic heterocycles. The summed E-state index contributed by atoms with van der Waals surface area (Å²) in [5, 5.41) is -0.341. The molecule has 5 fully saturated rings. The highest BCUT2D eigenvalue weighted by atomic mass is 32.1. The summed E-state index contributed by atoms with van der Waals surface area (Å²) in [7, 11) is 0. The Morgan fingerprint density at radius 3 is 2.22 bits per heavy atom. The summed E-state index contributed by atoms with van der Waals surface area (Å²) in [5.74, 6) is 2.90. The number of benzene rings is 1. The van der Waals surface area contributed by atoms with Crippen molar-refractivity contribution in [1.82, 2.24) is 9.80 Å². The first-order valence-electron chi connectivity index (χ1n) is 10.4. The van der Waals surface area contributed by atoms with E-state index in [1.165, 1.54) is 42.6 Å². The van der Waals surface area contributed by atoms with Crippen molar-refractivity contribution in [2.45, 2.75) is 56.4 Å². The van der Waals surface area contributed by atoms with Crippen molar-refractivity contribution in [3.63, 3.8) is 0 Å². The molecule has 144 valence electrons. The molecule has 5 aliphatic rings. The highest BCUT2D eigenvalue weighted by molar-refractivity contribution is 7.80. The van der Waals surface area contributed by atoms with Crippen LogP contribution in [0.5, 0.6) is 0 Å². The van der Waals surface area contributed by atoms with Crippen LogP contribution in [0.1, 0.15) is 44.1 Å². The lowest BCUT2D eigenvalue weighted by Gasteiger charge is -2.56. The van der Waals surface area contributed by atoms with Crippen molar-refractivity contribution >= 4 is 24.6 Å². The minimum atomic E-state index is -0.341. The zero-order valence-corrected chi connectivity index (χ0v) is 16.6. The molecule has 0 spiro atoms. The van der Waals surface area contributed by atoms with Gasteiger partial charge in [0.2, 0.25) is 0 Å². The van der Waals surface area contributed by atoms with Crippen LogP contribution >= 0.6 is 12.6 Å². The van der Waals surface area contributed by atoms with Gasteiger partial charge in [-0.3, -0.25) is 9.69 Å². The van der Waals surface area contributed by atoms with E-state index in [0.717, 1.165) is 18.3 Å². The Hall–Kier alpha value is -1.49. The molecular formula is C22H28N2O2S. The van der Waals surface area contributed by atoms with Gasteiger partial charge in [0.15, 0.2) is 0 Å². The van der Waals surface area contributed by atoms with Crippen LogP contribution in [0.4, 0.5) is 4.79 Å². The van der Waals surface area contributed by atoms with Gasteiger partial charge >= 0.3 is 6.03 Å². The van der Waals surface area contributed by atoms with Gasteiger partial charge < -0.3 is 4.90 Å². The third kappa shape index (κ3) is 3.08. The SMILES string of the molecule is O=C1CN(C2C3CC4CC(C3)CC2C4)C(=O)N1C(S)CCc1ccccc1. The van der Waals surface area contributed by atoms with E-state index in [2.05, 4.69) is 24.8 Å². The molecule has 1 saturated heterocycles. The lowest BCUT2D eigenvalue weighted by atomic mass is 9.54. The molecule has 1 atom stereocenters. The van der Waals surface area contributed by atoms with Crippen LogP contribution in [0.25, 0.3) is 0 Å². The average Bonchev–Trinajstić information content (AvgIpc) is 2.94. The number of amides is 3. The van der Waals surface area contributed by atoms with Crippen LogP contribution in [0.15, 0.2) is 30.3 Å². The normalized spacial score (nSPS) is 36.0. The lowest BCUT2D eigenvalue weighted by Crippen LogP contribution is -2.57. The summed E-state index contributed by atoms with van der Waals surface area (Å²) in [6.07, 6.45) is 7.95. The fourth-order valence-electron chi connectivity index (χ4n) is 6.54. The standard InChI is InChI=1S/C22H28N2O2S/c25-19-13-23(21-17-9-15-8-16(11-17)12-18(21)10-15)22(26)24(19)20(27)7-6-14-4-2-1-3-5-14/h1-5,15-18,20-21,27H,6-13H2. The van der Waals surface area contributed by atoms with E-state index >= 15 is 0 Å². The fourth-order valence-corrected chi connectivity index (χ4v) is 6.89. The minimum absolute atomic E-state index is 0.0677. The van der Waals surface area contributed by atoms with Crippen LogP contribution in [0, 0.1) is 23.7 Å². The lowest BCUT2D eigenvalue weighted by molar-refractivity contribution is -0.126. The van der Waals surface area contributed by atoms with Crippen molar-refractivity contribution in [3.8, 4) is 0 Å². The Balaban J connectivity index is 1.27. The Morgan fingerprint density at radius 2 is 1.59 bits per heavy atom. The Bertz CT molecular complexity index is 709. The highest BCUT2D eigenvalue weighted by Gasteiger charge is 2.54. The van der Waals surface area contributed by atoms with Crippen molar-refractivity contribution in [3.05, 3.63) is 35.9 Å². The van der Waals surface area contributed by atoms with Gasteiger partial charge in [0, 0.05) is 6.04 Å². The third-order valence-electron chi connectivity index (χ3n) is 7.40. The van der Waals surface area contributed by atoms with Gasteiger partial charge in [0.25, 0.3) is 5.91 Å². The molecule has 27 heavy (non-hydrogen) atoms. The second-order valence-corrected chi connectivity index (χ2v) is 9.70. The third-order valence-corrected chi connectivity index (χ3v) is 7.88. The molecule has 4 nitrogen and oxygen atoms in total. The molecule has 6 rings (SSSR count).